The lowest BCUT2D eigenvalue weighted by atomic mass is 10.2. The van der Waals surface area contributed by atoms with E-state index in [9.17, 15) is 4.79 Å². The van der Waals surface area contributed by atoms with Crippen molar-refractivity contribution >= 4 is 46.6 Å². The Hall–Kier alpha value is -1.35. The Labute approximate surface area is 153 Å². The molecule has 2 aromatic rings. The zero-order chi connectivity index (χ0) is 16.9. The van der Waals surface area contributed by atoms with Gasteiger partial charge in [-0.2, -0.15) is 0 Å². The molecule has 10 heteroatoms. The van der Waals surface area contributed by atoms with Crippen LogP contribution in [0, 0.1) is 0 Å². The second-order valence-corrected chi connectivity index (χ2v) is 6.97. The summed E-state index contributed by atoms with van der Waals surface area (Å²) in [4.78, 5) is 12.1. The number of para-hydroxylation sites is 1. The smallest absolute Gasteiger partial charge is 0.234 e. The maximum Gasteiger partial charge on any atom is 0.234 e. The first-order valence-corrected chi connectivity index (χ1v) is 9.12. The fourth-order valence-corrected chi connectivity index (χ4v) is 3.50. The van der Waals surface area contributed by atoms with Gasteiger partial charge in [-0.1, -0.05) is 41.0 Å². The number of amides is 1. The summed E-state index contributed by atoms with van der Waals surface area (Å²) in [5.41, 5.74) is 0.408. The Balaban J connectivity index is 1.56. The fraction of sp³-hybridized carbons (Fsp3) is 0.429. The van der Waals surface area contributed by atoms with Gasteiger partial charge in [0, 0.05) is 6.61 Å². The van der Waals surface area contributed by atoms with Gasteiger partial charge in [0.15, 0.2) is 0 Å². The third-order valence-electron chi connectivity index (χ3n) is 3.46. The number of carbonyl (C=O) groups is 1. The summed E-state index contributed by atoms with van der Waals surface area (Å²) in [7, 11) is 0. The molecule has 1 unspecified atom stereocenters. The number of hydrogen-bond acceptors (Lipinski definition) is 6. The standard InChI is InChI=1S/C14H15Cl2N5O2S/c15-10-4-1-5-11(16)13(10)17-12(22)8-24-14-18-19-20-21(14)7-9-3-2-6-23-9/h1,4-5,9H,2-3,6-8H2,(H,17,22). The number of rotatable bonds is 6. The van der Waals surface area contributed by atoms with Crippen LogP contribution in [-0.4, -0.2) is 44.6 Å². The van der Waals surface area contributed by atoms with E-state index in [0.29, 0.717) is 27.4 Å². The van der Waals surface area contributed by atoms with E-state index in [4.69, 9.17) is 27.9 Å². The van der Waals surface area contributed by atoms with E-state index < -0.39 is 0 Å². The summed E-state index contributed by atoms with van der Waals surface area (Å²) in [6.45, 7) is 1.36. The van der Waals surface area contributed by atoms with E-state index in [1.54, 1.807) is 22.9 Å². The molecule has 7 nitrogen and oxygen atoms in total. The molecule has 2 heterocycles. The SMILES string of the molecule is O=C(CSc1nnnn1CC1CCCO1)Nc1c(Cl)cccc1Cl. The molecule has 0 spiro atoms. The van der Waals surface area contributed by atoms with Crippen molar-refractivity contribution in [1.29, 1.82) is 0 Å². The summed E-state index contributed by atoms with van der Waals surface area (Å²) in [5, 5.41) is 15.6. The van der Waals surface area contributed by atoms with Crippen molar-refractivity contribution in [3.8, 4) is 0 Å². The number of hydrogen-bond donors (Lipinski definition) is 1. The molecule has 0 bridgehead atoms. The van der Waals surface area contributed by atoms with Crippen LogP contribution in [0.15, 0.2) is 23.4 Å². The largest absolute Gasteiger partial charge is 0.376 e. The number of thioether (sulfide) groups is 1. The van der Waals surface area contributed by atoms with E-state index >= 15 is 0 Å². The van der Waals surface area contributed by atoms with Gasteiger partial charge in [-0.25, -0.2) is 4.68 Å². The molecule has 1 aliphatic heterocycles. The van der Waals surface area contributed by atoms with Crippen LogP contribution in [0.2, 0.25) is 10.0 Å². The Kier molecular flexibility index (Phi) is 5.94. The molecule has 1 atom stereocenters. The van der Waals surface area contributed by atoms with Crippen LogP contribution in [-0.2, 0) is 16.1 Å². The number of nitrogens with one attached hydrogen (secondary N) is 1. The summed E-state index contributed by atoms with van der Waals surface area (Å²) >= 11 is 13.3. The van der Waals surface area contributed by atoms with Gasteiger partial charge >= 0.3 is 0 Å². The van der Waals surface area contributed by atoms with Gasteiger partial charge in [-0.3, -0.25) is 4.79 Å². The number of nitrogens with zero attached hydrogens (tertiary/aromatic N) is 4. The van der Waals surface area contributed by atoms with Crippen molar-refractivity contribution in [3.63, 3.8) is 0 Å². The third-order valence-corrected chi connectivity index (χ3v) is 5.05. The number of benzene rings is 1. The zero-order valence-corrected chi connectivity index (χ0v) is 14.9. The lowest BCUT2D eigenvalue weighted by Gasteiger charge is -2.10. The molecule has 3 rings (SSSR count). The number of halogens is 2. The molecule has 1 aliphatic rings. The van der Waals surface area contributed by atoms with Crippen molar-refractivity contribution in [2.24, 2.45) is 0 Å². The van der Waals surface area contributed by atoms with Gasteiger partial charge in [0.1, 0.15) is 0 Å². The highest BCUT2D eigenvalue weighted by Crippen LogP contribution is 2.30. The Morgan fingerprint density at radius 1 is 1.42 bits per heavy atom. The van der Waals surface area contributed by atoms with Crippen molar-refractivity contribution < 1.29 is 9.53 Å². The minimum atomic E-state index is -0.235. The highest BCUT2D eigenvalue weighted by atomic mass is 35.5. The molecule has 1 saturated heterocycles. The van der Waals surface area contributed by atoms with Gasteiger partial charge < -0.3 is 10.1 Å². The van der Waals surface area contributed by atoms with Crippen molar-refractivity contribution in [2.45, 2.75) is 30.6 Å². The molecule has 0 radical (unpaired) electrons. The predicted octanol–water partition coefficient (Wildman–Crippen LogP) is 2.89. The van der Waals surface area contributed by atoms with Gasteiger partial charge in [0.25, 0.3) is 0 Å². The molecule has 1 fully saturated rings. The van der Waals surface area contributed by atoms with E-state index in [-0.39, 0.29) is 17.8 Å². The molecule has 0 saturated carbocycles. The normalized spacial score (nSPS) is 17.2. The lowest BCUT2D eigenvalue weighted by Crippen LogP contribution is -2.18. The van der Waals surface area contributed by atoms with E-state index in [1.807, 2.05) is 0 Å². The van der Waals surface area contributed by atoms with Crippen molar-refractivity contribution in [2.75, 3.05) is 17.7 Å². The fourth-order valence-electron chi connectivity index (χ4n) is 2.32. The number of tetrazole rings is 1. The summed E-state index contributed by atoms with van der Waals surface area (Å²) < 4.78 is 7.24. The first-order chi connectivity index (χ1) is 11.6. The second-order valence-electron chi connectivity index (χ2n) is 5.21. The molecular formula is C14H15Cl2N5O2S. The molecule has 1 aromatic heterocycles. The molecule has 24 heavy (non-hydrogen) atoms. The molecule has 128 valence electrons. The maximum absolute atomic E-state index is 12.1. The molecule has 1 amide bonds. The van der Waals surface area contributed by atoms with Crippen LogP contribution in [0.5, 0.6) is 0 Å². The number of ether oxygens (including phenoxy) is 1. The summed E-state index contributed by atoms with van der Waals surface area (Å²) in [5.74, 6) is -0.0883. The monoisotopic (exact) mass is 387 g/mol. The predicted molar refractivity (Wildman–Crippen MR) is 92.6 cm³/mol. The number of anilines is 1. The first kappa shape index (κ1) is 17.5. The van der Waals surface area contributed by atoms with Crippen LogP contribution in [0.3, 0.4) is 0 Å². The van der Waals surface area contributed by atoms with Crippen molar-refractivity contribution in [3.05, 3.63) is 28.2 Å². The van der Waals surface area contributed by atoms with E-state index in [0.717, 1.165) is 19.4 Å². The molecule has 0 aliphatic carbocycles. The third kappa shape index (κ3) is 4.38. The highest BCUT2D eigenvalue weighted by molar-refractivity contribution is 7.99. The van der Waals surface area contributed by atoms with Gasteiger partial charge in [-0.15, -0.1) is 5.10 Å². The van der Waals surface area contributed by atoms with Gasteiger partial charge in [0.05, 0.1) is 34.1 Å². The van der Waals surface area contributed by atoms with Crippen molar-refractivity contribution in [1.82, 2.24) is 20.2 Å². The highest BCUT2D eigenvalue weighted by Gasteiger charge is 2.19. The molecule has 1 aromatic carbocycles. The zero-order valence-electron chi connectivity index (χ0n) is 12.6. The molecular weight excluding hydrogens is 373 g/mol. The maximum atomic E-state index is 12.1. The quantitative estimate of drug-likeness (QED) is 0.767. The Bertz CT molecular complexity index is 701. The average Bonchev–Trinajstić information content (AvgIpc) is 3.21. The Morgan fingerprint density at radius 2 is 2.21 bits per heavy atom. The van der Waals surface area contributed by atoms with Crippen LogP contribution < -0.4 is 5.32 Å². The van der Waals surface area contributed by atoms with Crippen LogP contribution in [0.1, 0.15) is 12.8 Å². The van der Waals surface area contributed by atoms with Crippen LogP contribution in [0.4, 0.5) is 5.69 Å². The topological polar surface area (TPSA) is 81.9 Å². The Morgan fingerprint density at radius 3 is 2.92 bits per heavy atom. The van der Waals surface area contributed by atoms with E-state index in [1.165, 1.54) is 11.8 Å². The van der Waals surface area contributed by atoms with Gasteiger partial charge in [0.2, 0.25) is 11.1 Å². The summed E-state index contributed by atoms with van der Waals surface area (Å²) in [6, 6.07) is 5.05. The van der Waals surface area contributed by atoms with Crippen LogP contribution in [0.25, 0.3) is 0 Å². The minimum Gasteiger partial charge on any atom is -0.376 e. The number of aromatic nitrogens is 4. The average molecular weight is 388 g/mol. The summed E-state index contributed by atoms with van der Waals surface area (Å²) in [6.07, 6.45) is 2.18. The molecule has 1 N–H and O–H groups in total. The van der Waals surface area contributed by atoms with Gasteiger partial charge in [-0.05, 0) is 35.4 Å². The van der Waals surface area contributed by atoms with E-state index in [2.05, 4.69) is 20.8 Å². The minimum absolute atomic E-state index is 0.128. The first-order valence-electron chi connectivity index (χ1n) is 7.38. The second kappa shape index (κ2) is 8.15. The lowest BCUT2D eigenvalue weighted by molar-refractivity contribution is -0.113. The number of carbonyl (C=O) groups excluding carboxylic acids is 1. The van der Waals surface area contributed by atoms with Crippen LogP contribution >= 0.6 is 35.0 Å².